The molecule has 0 rings (SSSR count). The van der Waals surface area contributed by atoms with Crippen LogP contribution in [0.1, 0.15) is 27.2 Å². The average Bonchev–Trinajstić information content (AvgIpc) is 2.12. The van der Waals surface area contributed by atoms with E-state index in [2.05, 4.69) is 0 Å². The van der Waals surface area contributed by atoms with Gasteiger partial charge in [-0.05, 0) is 13.3 Å². The molecule has 0 bridgehead atoms. The zero-order valence-corrected chi connectivity index (χ0v) is 12.3. The Morgan fingerprint density at radius 2 is 2.00 bits per heavy atom. The van der Waals surface area contributed by atoms with E-state index in [9.17, 15) is 4.79 Å². The van der Waals surface area contributed by atoms with Gasteiger partial charge in [0.25, 0.3) is 0 Å². The molecule has 0 aromatic heterocycles. The van der Waals surface area contributed by atoms with Crippen LogP contribution in [0.25, 0.3) is 0 Å². The Kier molecular flexibility index (Phi) is 10.9. The predicted molar refractivity (Wildman–Crippen MR) is 51.4 cm³/mol. The SMILES string of the molecule is CCO[C@H](CCOC)C(C)(C)[C-]=O.[Y]. The molecule has 81 valence electrons. The van der Waals surface area contributed by atoms with Crippen molar-refractivity contribution >= 4 is 6.29 Å². The molecular weight excluding hydrogens is 257 g/mol. The van der Waals surface area contributed by atoms with Crippen molar-refractivity contribution in [3.63, 3.8) is 0 Å². The molecule has 1 radical (unpaired) electrons. The summed E-state index contributed by atoms with van der Waals surface area (Å²) in [5.74, 6) is 0. The quantitative estimate of drug-likeness (QED) is 0.662. The average molecular weight is 276 g/mol. The van der Waals surface area contributed by atoms with E-state index in [-0.39, 0.29) is 38.8 Å². The van der Waals surface area contributed by atoms with Crippen molar-refractivity contribution in [2.24, 2.45) is 5.41 Å². The molecule has 0 aliphatic carbocycles. The number of rotatable bonds is 7. The predicted octanol–water partition coefficient (Wildman–Crippen LogP) is 1.56. The summed E-state index contributed by atoms with van der Waals surface area (Å²) < 4.78 is 10.4. The number of methoxy groups -OCH3 is 1. The van der Waals surface area contributed by atoms with E-state index in [0.29, 0.717) is 13.2 Å². The molecule has 0 N–H and O–H groups in total. The van der Waals surface area contributed by atoms with Crippen LogP contribution in [0.15, 0.2) is 0 Å². The minimum absolute atomic E-state index is 0. The zero-order chi connectivity index (χ0) is 10.3. The van der Waals surface area contributed by atoms with E-state index in [1.54, 1.807) is 7.11 Å². The van der Waals surface area contributed by atoms with Gasteiger partial charge in [-0.15, -0.1) is 5.41 Å². The van der Waals surface area contributed by atoms with Gasteiger partial charge >= 0.3 is 0 Å². The van der Waals surface area contributed by atoms with Gasteiger partial charge in [-0.3, -0.25) is 6.29 Å². The van der Waals surface area contributed by atoms with Crippen LogP contribution >= 0.6 is 0 Å². The van der Waals surface area contributed by atoms with Gasteiger partial charge in [-0.25, -0.2) is 0 Å². The summed E-state index contributed by atoms with van der Waals surface area (Å²) in [4.78, 5) is 10.7. The summed E-state index contributed by atoms with van der Waals surface area (Å²) in [5.41, 5.74) is -0.547. The van der Waals surface area contributed by atoms with E-state index in [1.165, 1.54) is 0 Å². The molecule has 0 saturated carbocycles. The molecule has 4 heteroatoms. The van der Waals surface area contributed by atoms with Gasteiger partial charge in [0.15, 0.2) is 0 Å². The first-order chi connectivity index (χ1) is 6.08. The molecule has 0 aliphatic rings. The van der Waals surface area contributed by atoms with Crippen LogP contribution in [-0.2, 0) is 47.0 Å². The molecule has 0 fully saturated rings. The maximum Gasteiger partial charge on any atom is 0.0486 e. The first-order valence-electron chi connectivity index (χ1n) is 4.58. The zero-order valence-electron chi connectivity index (χ0n) is 9.50. The van der Waals surface area contributed by atoms with Crippen LogP contribution < -0.4 is 0 Å². The normalized spacial score (nSPS) is 13.1. The third-order valence-electron chi connectivity index (χ3n) is 2.02. The molecule has 0 aromatic carbocycles. The van der Waals surface area contributed by atoms with Gasteiger partial charge < -0.3 is 14.3 Å². The van der Waals surface area contributed by atoms with Crippen LogP contribution in [0, 0.1) is 5.41 Å². The Balaban J connectivity index is 0. The summed E-state index contributed by atoms with van der Waals surface area (Å²) in [6.07, 6.45) is 2.63. The Hall–Kier alpha value is 0.694. The van der Waals surface area contributed by atoms with Crippen molar-refractivity contribution in [2.75, 3.05) is 20.3 Å². The van der Waals surface area contributed by atoms with Crippen molar-refractivity contribution in [2.45, 2.75) is 33.3 Å². The summed E-state index contributed by atoms with van der Waals surface area (Å²) in [6.45, 7) is 6.79. The number of hydrogen-bond acceptors (Lipinski definition) is 3. The fourth-order valence-electron chi connectivity index (χ4n) is 1.14. The molecule has 1 atom stereocenters. The number of hydrogen-bond donors (Lipinski definition) is 0. The second kappa shape index (κ2) is 8.96. The van der Waals surface area contributed by atoms with Crippen LogP contribution in [0.3, 0.4) is 0 Å². The van der Waals surface area contributed by atoms with Gasteiger partial charge in [0.05, 0.1) is 0 Å². The second-order valence-electron chi connectivity index (χ2n) is 3.55. The van der Waals surface area contributed by atoms with E-state index in [4.69, 9.17) is 9.47 Å². The van der Waals surface area contributed by atoms with Crippen molar-refractivity contribution in [1.29, 1.82) is 0 Å². The van der Waals surface area contributed by atoms with E-state index >= 15 is 0 Å². The Bertz CT molecular complexity index is 148. The molecule has 0 saturated heterocycles. The molecular formula is C10H19O3Y-. The van der Waals surface area contributed by atoms with Crippen molar-refractivity contribution in [3.8, 4) is 0 Å². The maximum atomic E-state index is 10.7. The van der Waals surface area contributed by atoms with Gasteiger partial charge in [0, 0.05) is 59.1 Å². The van der Waals surface area contributed by atoms with E-state index < -0.39 is 5.41 Å². The van der Waals surface area contributed by atoms with Gasteiger partial charge in [-0.2, -0.15) is 0 Å². The molecule has 0 aromatic rings. The molecule has 3 nitrogen and oxygen atoms in total. The van der Waals surface area contributed by atoms with Gasteiger partial charge in [0.1, 0.15) is 0 Å². The van der Waals surface area contributed by atoms with Crippen molar-refractivity contribution in [3.05, 3.63) is 0 Å². The topological polar surface area (TPSA) is 35.5 Å². The third-order valence-corrected chi connectivity index (χ3v) is 2.02. The minimum Gasteiger partial charge on any atom is -0.541 e. The van der Waals surface area contributed by atoms with Crippen molar-refractivity contribution < 1.29 is 47.0 Å². The third kappa shape index (κ3) is 6.23. The van der Waals surface area contributed by atoms with Crippen LogP contribution in [0.2, 0.25) is 0 Å². The molecule has 0 unspecified atom stereocenters. The fraction of sp³-hybridized carbons (Fsp3) is 0.900. The number of carbonyl (C=O) groups excluding carboxylic acids is 1. The van der Waals surface area contributed by atoms with Gasteiger partial charge in [-0.1, -0.05) is 13.8 Å². The maximum absolute atomic E-state index is 10.7. The standard InChI is InChI=1S/C10H19O3.Y/c1-5-13-9(6-7-12-4)10(2,3)8-11;/h9H,5-7H2,1-4H3;/q-1;/t9-;/m1./s1. The van der Waals surface area contributed by atoms with Gasteiger partial charge in [0.2, 0.25) is 0 Å². The minimum atomic E-state index is -0.547. The molecule has 0 aliphatic heterocycles. The Morgan fingerprint density at radius 1 is 1.43 bits per heavy atom. The fourth-order valence-corrected chi connectivity index (χ4v) is 1.14. The molecule has 0 spiro atoms. The Morgan fingerprint density at radius 3 is 2.36 bits per heavy atom. The summed E-state index contributed by atoms with van der Waals surface area (Å²) >= 11 is 0. The van der Waals surface area contributed by atoms with E-state index in [0.717, 1.165) is 6.42 Å². The second-order valence-corrected chi connectivity index (χ2v) is 3.55. The first kappa shape index (κ1) is 17.1. The summed E-state index contributed by atoms with van der Waals surface area (Å²) in [5, 5.41) is 0. The van der Waals surface area contributed by atoms with E-state index in [1.807, 2.05) is 27.1 Å². The smallest absolute Gasteiger partial charge is 0.0486 e. The summed E-state index contributed by atoms with van der Waals surface area (Å²) in [7, 11) is 1.64. The largest absolute Gasteiger partial charge is 0.541 e. The van der Waals surface area contributed by atoms with Crippen molar-refractivity contribution in [1.82, 2.24) is 0 Å². The molecule has 0 heterocycles. The molecule has 14 heavy (non-hydrogen) atoms. The summed E-state index contributed by atoms with van der Waals surface area (Å²) in [6, 6.07) is 0. The molecule has 0 amide bonds. The van der Waals surface area contributed by atoms with Crippen LogP contribution in [0.4, 0.5) is 0 Å². The van der Waals surface area contributed by atoms with Crippen LogP contribution in [-0.4, -0.2) is 32.7 Å². The Labute approximate surface area is 112 Å². The monoisotopic (exact) mass is 276 g/mol. The number of ether oxygens (including phenoxy) is 2. The van der Waals surface area contributed by atoms with Crippen LogP contribution in [0.5, 0.6) is 0 Å². The first-order valence-corrected chi connectivity index (χ1v) is 4.58.